The van der Waals surface area contributed by atoms with Gasteiger partial charge in [-0.15, -0.1) is 0 Å². The van der Waals surface area contributed by atoms with Crippen molar-refractivity contribution in [2.24, 2.45) is 0 Å². The first-order valence-electron chi connectivity index (χ1n) is 7.12. The van der Waals surface area contributed by atoms with Gasteiger partial charge < -0.3 is 19.9 Å². The van der Waals surface area contributed by atoms with Gasteiger partial charge in [0.15, 0.2) is 5.11 Å². The number of carbonyl (C=O) groups is 1. The number of rotatable bonds is 3. The van der Waals surface area contributed by atoms with Gasteiger partial charge in [0.05, 0.1) is 17.7 Å². The summed E-state index contributed by atoms with van der Waals surface area (Å²) < 4.78 is 7.19. The van der Waals surface area contributed by atoms with Crippen molar-refractivity contribution in [3.8, 4) is 0 Å². The molecule has 2 heterocycles. The zero-order chi connectivity index (χ0) is 15.7. The minimum absolute atomic E-state index is 0.333. The first-order chi connectivity index (χ1) is 10.6. The molecular formula is C16H17N3O2S. The number of para-hydroxylation sites is 1. The molecule has 22 heavy (non-hydrogen) atoms. The Morgan fingerprint density at radius 2 is 2.14 bits per heavy atom. The van der Waals surface area contributed by atoms with E-state index in [1.807, 2.05) is 48.0 Å². The van der Waals surface area contributed by atoms with Crippen LogP contribution >= 0.6 is 12.2 Å². The highest BCUT2D eigenvalue weighted by Gasteiger charge is 2.31. The molecule has 0 spiro atoms. The van der Waals surface area contributed by atoms with Crippen LogP contribution < -0.4 is 10.6 Å². The molecule has 1 unspecified atom stereocenters. The number of allylic oxidation sites excluding steroid dienone is 1. The van der Waals surface area contributed by atoms with Gasteiger partial charge in [0.25, 0.3) is 0 Å². The second-order valence-corrected chi connectivity index (χ2v) is 5.45. The fraction of sp³-hybridized carbons (Fsp3) is 0.250. The summed E-state index contributed by atoms with van der Waals surface area (Å²) in [6.07, 6.45) is 1.57. The van der Waals surface area contributed by atoms with Crippen molar-refractivity contribution >= 4 is 34.2 Å². The third-order valence-corrected chi connectivity index (χ3v) is 3.87. The second-order valence-electron chi connectivity index (χ2n) is 5.04. The van der Waals surface area contributed by atoms with Gasteiger partial charge >= 0.3 is 5.97 Å². The smallest absolute Gasteiger partial charge is 0.339 e. The largest absolute Gasteiger partial charge is 0.462 e. The van der Waals surface area contributed by atoms with Crippen LogP contribution in [0.25, 0.3) is 10.9 Å². The quantitative estimate of drug-likeness (QED) is 0.673. The van der Waals surface area contributed by atoms with E-state index in [4.69, 9.17) is 17.0 Å². The van der Waals surface area contributed by atoms with E-state index in [9.17, 15) is 4.79 Å². The molecule has 1 aromatic carbocycles. The number of ether oxygens (including phenoxy) is 1. The van der Waals surface area contributed by atoms with Crippen LogP contribution in [-0.2, 0) is 9.53 Å². The molecule has 0 amide bonds. The Labute approximate surface area is 133 Å². The molecule has 1 aliphatic heterocycles. The molecule has 3 rings (SSSR count). The molecule has 6 heteroatoms. The Kier molecular flexibility index (Phi) is 3.85. The number of hydrogen-bond donors (Lipinski definition) is 2. The van der Waals surface area contributed by atoms with Crippen molar-refractivity contribution in [2.75, 3.05) is 6.61 Å². The zero-order valence-corrected chi connectivity index (χ0v) is 13.2. The number of fused-ring (bicyclic) bond motifs is 1. The molecule has 2 N–H and O–H groups in total. The maximum absolute atomic E-state index is 12.3. The summed E-state index contributed by atoms with van der Waals surface area (Å²) >= 11 is 5.24. The maximum Gasteiger partial charge on any atom is 0.339 e. The molecule has 0 fully saturated rings. The first-order valence-corrected chi connectivity index (χ1v) is 7.53. The molecule has 0 aliphatic carbocycles. The molecule has 1 aliphatic rings. The standard InChI is InChI=1S/C16H17N3O2S/c1-3-21-15(20)13-10(2)17-16(22)18-14(13)19-9-8-11-6-4-5-7-12(11)19/h4-9,14H,3H2,1-2H3,(H2,17,18,22). The summed E-state index contributed by atoms with van der Waals surface area (Å²) in [5.74, 6) is -0.342. The van der Waals surface area contributed by atoms with Crippen molar-refractivity contribution in [1.29, 1.82) is 0 Å². The van der Waals surface area contributed by atoms with Crippen molar-refractivity contribution < 1.29 is 9.53 Å². The predicted octanol–water partition coefficient (Wildman–Crippen LogP) is 2.45. The molecule has 5 nitrogen and oxygen atoms in total. The number of aromatic nitrogens is 1. The minimum atomic E-state index is -0.382. The van der Waals surface area contributed by atoms with E-state index >= 15 is 0 Å². The Hall–Kier alpha value is -2.34. The summed E-state index contributed by atoms with van der Waals surface area (Å²) in [5, 5.41) is 7.75. The fourth-order valence-electron chi connectivity index (χ4n) is 2.69. The molecule has 0 radical (unpaired) electrons. The lowest BCUT2D eigenvalue weighted by Crippen LogP contribution is -2.47. The van der Waals surface area contributed by atoms with Crippen LogP contribution in [0.15, 0.2) is 47.8 Å². The Balaban J connectivity index is 2.11. The highest BCUT2D eigenvalue weighted by atomic mass is 32.1. The van der Waals surface area contributed by atoms with Crippen molar-refractivity contribution in [3.63, 3.8) is 0 Å². The Morgan fingerprint density at radius 1 is 1.36 bits per heavy atom. The van der Waals surface area contributed by atoms with Gasteiger partial charge in [0, 0.05) is 11.9 Å². The maximum atomic E-state index is 12.3. The van der Waals surface area contributed by atoms with Gasteiger partial charge in [-0.25, -0.2) is 4.79 Å². The zero-order valence-electron chi connectivity index (χ0n) is 12.4. The summed E-state index contributed by atoms with van der Waals surface area (Å²) in [5.41, 5.74) is 2.28. The van der Waals surface area contributed by atoms with Gasteiger partial charge in [-0.2, -0.15) is 0 Å². The SMILES string of the molecule is CCOC(=O)C1=C(C)NC(=S)NC1n1ccc2ccccc21. The van der Waals surface area contributed by atoms with Crippen LogP contribution in [-0.4, -0.2) is 22.3 Å². The van der Waals surface area contributed by atoms with Gasteiger partial charge in [0.2, 0.25) is 0 Å². The number of esters is 1. The topological polar surface area (TPSA) is 55.3 Å². The highest BCUT2D eigenvalue weighted by Crippen LogP contribution is 2.27. The van der Waals surface area contributed by atoms with Crippen molar-refractivity contribution in [3.05, 3.63) is 47.8 Å². The molecule has 114 valence electrons. The van der Waals surface area contributed by atoms with Gasteiger partial charge in [-0.3, -0.25) is 0 Å². The predicted molar refractivity (Wildman–Crippen MR) is 89.2 cm³/mol. The van der Waals surface area contributed by atoms with Crippen LogP contribution in [0.4, 0.5) is 0 Å². The van der Waals surface area contributed by atoms with Crippen LogP contribution in [0.2, 0.25) is 0 Å². The normalized spacial score (nSPS) is 18.1. The third-order valence-electron chi connectivity index (χ3n) is 3.65. The Bertz CT molecular complexity index is 779. The number of thiocarbonyl (C=S) groups is 1. The number of nitrogens with one attached hydrogen (secondary N) is 2. The number of hydrogen-bond acceptors (Lipinski definition) is 3. The monoisotopic (exact) mass is 315 g/mol. The van der Waals surface area contributed by atoms with E-state index in [0.717, 1.165) is 10.9 Å². The van der Waals surface area contributed by atoms with Crippen LogP contribution in [0.5, 0.6) is 0 Å². The average molecular weight is 315 g/mol. The number of carbonyl (C=O) groups excluding carboxylic acids is 1. The summed E-state index contributed by atoms with van der Waals surface area (Å²) in [6, 6.07) is 10.0. The first kappa shape index (κ1) is 14.6. The second kappa shape index (κ2) is 5.81. The molecular weight excluding hydrogens is 298 g/mol. The van der Waals surface area contributed by atoms with Gasteiger partial charge in [-0.05, 0) is 43.6 Å². The lowest BCUT2D eigenvalue weighted by atomic mass is 10.1. The average Bonchev–Trinajstić information content (AvgIpc) is 2.90. The molecule has 1 aromatic heterocycles. The summed E-state index contributed by atoms with van der Waals surface area (Å²) in [7, 11) is 0. The molecule has 0 saturated heterocycles. The lowest BCUT2D eigenvalue weighted by molar-refractivity contribution is -0.139. The van der Waals surface area contributed by atoms with E-state index < -0.39 is 0 Å². The molecule has 0 saturated carbocycles. The lowest BCUT2D eigenvalue weighted by Gasteiger charge is -2.31. The van der Waals surface area contributed by atoms with Crippen LogP contribution in [0.3, 0.4) is 0 Å². The highest BCUT2D eigenvalue weighted by molar-refractivity contribution is 7.80. The Morgan fingerprint density at radius 3 is 2.91 bits per heavy atom. The molecule has 1 atom stereocenters. The van der Waals surface area contributed by atoms with E-state index in [1.54, 1.807) is 6.92 Å². The number of nitrogens with zero attached hydrogens (tertiary/aromatic N) is 1. The van der Waals surface area contributed by atoms with Crippen molar-refractivity contribution in [1.82, 2.24) is 15.2 Å². The third kappa shape index (κ3) is 2.46. The van der Waals surface area contributed by atoms with Crippen LogP contribution in [0.1, 0.15) is 20.0 Å². The molecule has 0 bridgehead atoms. The minimum Gasteiger partial charge on any atom is -0.462 e. The fourth-order valence-corrected chi connectivity index (χ4v) is 2.95. The van der Waals surface area contributed by atoms with Crippen LogP contribution in [0, 0.1) is 0 Å². The number of benzene rings is 1. The van der Waals surface area contributed by atoms with Gasteiger partial charge in [-0.1, -0.05) is 18.2 Å². The summed E-state index contributed by atoms with van der Waals surface area (Å²) in [4.78, 5) is 12.3. The van der Waals surface area contributed by atoms with Gasteiger partial charge in [0.1, 0.15) is 6.17 Å². The van der Waals surface area contributed by atoms with E-state index in [1.165, 1.54) is 0 Å². The van der Waals surface area contributed by atoms with Crippen molar-refractivity contribution in [2.45, 2.75) is 20.0 Å². The summed E-state index contributed by atoms with van der Waals surface area (Å²) in [6.45, 7) is 3.96. The van der Waals surface area contributed by atoms with E-state index in [2.05, 4.69) is 10.6 Å². The van der Waals surface area contributed by atoms with E-state index in [0.29, 0.717) is 23.0 Å². The van der Waals surface area contributed by atoms with E-state index in [-0.39, 0.29) is 12.1 Å². The molecule has 2 aromatic rings.